The Morgan fingerprint density at radius 1 is 1.15 bits per heavy atom. The van der Waals surface area contributed by atoms with Gasteiger partial charge >= 0.3 is 0 Å². The molecule has 0 bridgehead atoms. The van der Waals surface area contributed by atoms with Gasteiger partial charge in [0.2, 0.25) is 0 Å². The van der Waals surface area contributed by atoms with Gasteiger partial charge in [0.25, 0.3) is 0 Å². The van der Waals surface area contributed by atoms with Crippen molar-refractivity contribution in [1.29, 1.82) is 0 Å². The molecule has 0 spiro atoms. The van der Waals surface area contributed by atoms with Crippen LogP contribution in [0.3, 0.4) is 0 Å². The second-order valence-electron chi connectivity index (χ2n) is 9.90. The molecule has 33 heavy (non-hydrogen) atoms. The highest BCUT2D eigenvalue weighted by atomic mass is 35.5. The van der Waals surface area contributed by atoms with Crippen molar-refractivity contribution in [3.05, 3.63) is 58.1 Å². The van der Waals surface area contributed by atoms with Gasteiger partial charge in [0.05, 0.1) is 0 Å². The summed E-state index contributed by atoms with van der Waals surface area (Å²) in [7, 11) is 0. The van der Waals surface area contributed by atoms with Crippen LogP contribution in [-0.2, 0) is 13.0 Å². The molecule has 1 aliphatic heterocycles. The zero-order valence-electron chi connectivity index (χ0n) is 20.4. The van der Waals surface area contributed by atoms with E-state index in [1.165, 1.54) is 68.3 Å². The lowest BCUT2D eigenvalue weighted by molar-refractivity contribution is 0.177. The first-order valence-electron chi connectivity index (χ1n) is 12.7. The second-order valence-corrected chi connectivity index (χ2v) is 10.7. The van der Waals surface area contributed by atoms with Crippen molar-refractivity contribution >= 4 is 40.3 Å². The Kier molecular flexibility index (Phi) is 8.19. The third-order valence-corrected chi connectivity index (χ3v) is 8.10. The van der Waals surface area contributed by atoms with E-state index in [1.807, 2.05) is 19.1 Å². The highest BCUT2D eigenvalue weighted by molar-refractivity contribution is 7.80. The van der Waals surface area contributed by atoms with Crippen LogP contribution in [0.25, 0.3) is 0 Å². The van der Waals surface area contributed by atoms with Gasteiger partial charge in [0.15, 0.2) is 5.11 Å². The number of nitrogens with one attached hydrogen (secondary N) is 1. The summed E-state index contributed by atoms with van der Waals surface area (Å²) >= 11 is 12.4. The van der Waals surface area contributed by atoms with Gasteiger partial charge in [-0.25, -0.2) is 0 Å². The van der Waals surface area contributed by atoms with E-state index in [2.05, 4.69) is 53.2 Å². The normalized spacial score (nSPS) is 20.3. The highest BCUT2D eigenvalue weighted by Gasteiger charge is 2.29. The molecule has 0 radical (unpaired) electrons. The third kappa shape index (κ3) is 5.84. The lowest BCUT2D eigenvalue weighted by Crippen LogP contribution is -2.46. The van der Waals surface area contributed by atoms with Crippen LogP contribution in [0.15, 0.2) is 36.4 Å². The van der Waals surface area contributed by atoms with Gasteiger partial charge in [-0.1, -0.05) is 56.5 Å². The molecule has 1 heterocycles. The predicted molar refractivity (Wildman–Crippen MR) is 147 cm³/mol. The number of hydrogen-bond donors (Lipinski definition) is 1. The summed E-state index contributed by atoms with van der Waals surface area (Å²) < 4.78 is 0. The molecular formula is C28H38ClN3S. The van der Waals surface area contributed by atoms with E-state index in [9.17, 15) is 0 Å². The number of thiocarbonyl (C=S) groups is 1. The number of hydrogen-bond acceptors (Lipinski definition) is 2. The lowest BCUT2D eigenvalue weighted by atomic mass is 9.84. The average Bonchev–Trinajstić information content (AvgIpc) is 2.81. The summed E-state index contributed by atoms with van der Waals surface area (Å²) in [6, 6.07) is 13.7. The van der Waals surface area contributed by atoms with E-state index in [0.717, 1.165) is 34.5 Å². The van der Waals surface area contributed by atoms with Crippen molar-refractivity contribution < 1.29 is 0 Å². The van der Waals surface area contributed by atoms with Crippen molar-refractivity contribution in [2.24, 2.45) is 5.92 Å². The summed E-state index contributed by atoms with van der Waals surface area (Å²) in [5.41, 5.74) is 6.32. The van der Waals surface area contributed by atoms with Gasteiger partial charge in [-0.2, -0.15) is 0 Å². The van der Waals surface area contributed by atoms with Crippen LogP contribution in [0.2, 0.25) is 5.02 Å². The molecule has 1 aliphatic carbocycles. The van der Waals surface area contributed by atoms with E-state index < -0.39 is 0 Å². The molecular weight excluding hydrogens is 446 g/mol. The molecule has 2 aromatic carbocycles. The minimum absolute atomic E-state index is 0.465. The smallest absolute Gasteiger partial charge is 0.173 e. The fraction of sp³-hybridized carbons (Fsp3) is 0.536. The molecule has 178 valence electrons. The van der Waals surface area contributed by atoms with Crippen LogP contribution >= 0.6 is 23.8 Å². The summed E-state index contributed by atoms with van der Waals surface area (Å²) in [5, 5.41) is 5.07. The monoisotopic (exact) mass is 483 g/mol. The first-order chi connectivity index (χ1) is 16.0. The van der Waals surface area contributed by atoms with Gasteiger partial charge in [-0.05, 0) is 92.1 Å². The second kappa shape index (κ2) is 11.1. The molecule has 3 nitrogen and oxygen atoms in total. The molecule has 1 fully saturated rings. The number of benzene rings is 2. The highest BCUT2D eigenvalue weighted by Crippen LogP contribution is 2.32. The number of fused-ring (bicyclic) bond motifs is 1. The molecule has 2 aromatic rings. The number of anilines is 2. The molecule has 1 saturated carbocycles. The zero-order chi connectivity index (χ0) is 23.4. The predicted octanol–water partition coefficient (Wildman–Crippen LogP) is 7.59. The van der Waals surface area contributed by atoms with Crippen LogP contribution in [-0.4, -0.2) is 29.1 Å². The van der Waals surface area contributed by atoms with E-state index in [1.54, 1.807) is 0 Å². The number of nitrogens with zero attached hydrogens (tertiary/aromatic N) is 2. The average molecular weight is 484 g/mol. The molecule has 2 atom stereocenters. The van der Waals surface area contributed by atoms with E-state index in [4.69, 9.17) is 23.8 Å². The van der Waals surface area contributed by atoms with Crippen LogP contribution in [0.1, 0.15) is 69.1 Å². The van der Waals surface area contributed by atoms with Crippen molar-refractivity contribution in [1.82, 2.24) is 4.90 Å². The summed E-state index contributed by atoms with van der Waals surface area (Å²) in [4.78, 5) is 5.00. The SMILES string of the molecule is CCCN1CCCc2cc(CN(C(=S)Nc3ccc(C)c(Cl)c3)[C@H]3CCCC[C@H]3C)ccc21. The Morgan fingerprint density at radius 2 is 1.97 bits per heavy atom. The van der Waals surface area contributed by atoms with E-state index in [0.29, 0.717) is 12.0 Å². The molecule has 0 saturated heterocycles. The minimum Gasteiger partial charge on any atom is -0.371 e. The number of rotatable bonds is 6. The fourth-order valence-corrected chi connectivity index (χ4v) is 5.99. The fourth-order valence-electron chi connectivity index (χ4n) is 5.49. The van der Waals surface area contributed by atoms with Crippen LogP contribution in [0.4, 0.5) is 11.4 Å². The molecule has 0 amide bonds. The summed E-state index contributed by atoms with van der Waals surface area (Å²) in [6.07, 6.45) is 8.69. The number of aryl methyl sites for hydroxylation is 2. The number of halogens is 1. The van der Waals surface area contributed by atoms with Crippen LogP contribution < -0.4 is 10.2 Å². The summed E-state index contributed by atoms with van der Waals surface area (Å²) in [5.74, 6) is 0.637. The van der Waals surface area contributed by atoms with Crippen LogP contribution in [0, 0.1) is 12.8 Å². The van der Waals surface area contributed by atoms with Gasteiger partial charge in [0, 0.05) is 42.1 Å². The maximum absolute atomic E-state index is 6.38. The van der Waals surface area contributed by atoms with Gasteiger partial charge in [0.1, 0.15) is 0 Å². The molecule has 0 unspecified atom stereocenters. The minimum atomic E-state index is 0.465. The van der Waals surface area contributed by atoms with E-state index >= 15 is 0 Å². The Balaban J connectivity index is 1.57. The molecule has 1 N–H and O–H groups in total. The van der Waals surface area contributed by atoms with Gasteiger partial charge < -0.3 is 15.1 Å². The Bertz CT molecular complexity index is 976. The maximum Gasteiger partial charge on any atom is 0.173 e. The molecule has 0 aromatic heterocycles. The molecule has 2 aliphatic rings. The molecule has 4 rings (SSSR count). The van der Waals surface area contributed by atoms with Crippen molar-refractivity contribution in [2.75, 3.05) is 23.3 Å². The lowest BCUT2D eigenvalue weighted by Gasteiger charge is -2.40. The largest absolute Gasteiger partial charge is 0.371 e. The topological polar surface area (TPSA) is 18.5 Å². The van der Waals surface area contributed by atoms with Crippen molar-refractivity contribution in [3.8, 4) is 0 Å². The van der Waals surface area contributed by atoms with Gasteiger partial charge in [-0.3, -0.25) is 0 Å². The van der Waals surface area contributed by atoms with Gasteiger partial charge in [-0.15, -0.1) is 0 Å². The maximum atomic E-state index is 6.38. The standard InChI is InChI=1S/C28H38ClN3S/c1-4-15-31-16-7-9-23-17-22(12-14-27(23)31)19-32(26-10-6-5-8-21(26)3)28(33)30-24-13-11-20(2)25(29)18-24/h11-14,17-18,21,26H,4-10,15-16,19H2,1-3H3,(H,30,33)/t21-,26+/m1/s1. The Hall–Kier alpha value is -1.78. The van der Waals surface area contributed by atoms with Crippen LogP contribution in [0.5, 0.6) is 0 Å². The molecule has 5 heteroatoms. The zero-order valence-corrected chi connectivity index (χ0v) is 21.9. The third-order valence-electron chi connectivity index (χ3n) is 7.36. The van der Waals surface area contributed by atoms with E-state index in [-0.39, 0.29) is 0 Å². The van der Waals surface area contributed by atoms with Crippen molar-refractivity contribution in [2.45, 2.75) is 78.3 Å². The first-order valence-corrected chi connectivity index (χ1v) is 13.5. The quantitative estimate of drug-likeness (QED) is 0.426. The summed E-state index contributed by atoms with van der Waals surface area (Å²) in [6.45, 7) is 9.85. The Labute approximate surface area is 210 Å². The van der Waals surface area contributed by atoms with Crippen molar-refractivity contribution in [3.63, 3.8) is 0 Å². The first kappa shape index (κ1) is 24.3. The Morgan fingerprint density at radius 3 is 2.73 bits per heavy atom.